The van der Waals surface area contributed by atoms with Gasteiger partial charge in [-0.15, -0.1) is 0 Å². The predicted octanol–water partition coefficient (Wildman–Crippen LogP) is 3.29. The van der Waals surface area contributed by atoms with Gasteiger partial charge in [-0.3, -0.25) is 4.90 Å². The molecular formula is C17H28N2S. The topological polar surface area (TPSA) is 6.48 Å². The first kappa shape index (κ1) is 15.9. The van der Waals surface area contributed by atoms with Gasteiger partial charge in [0.15, 0.2) is 0 Å². The third kappa shape index (κ3) is 5.86. The highest BCUT2D eigenvalue weighted by atomic mass is 32.1. The number of piperazine rings is 1. The van der Waals surface area contributed by atoms with Crippen LogP contribution in [-0.4, -0.2) is 48.3 Å². The summed E-state index contributed by atoms with van der Waals surface area (Å²) in [5.74, 6) is 1.04. The van der Waals surface area contributed by atoms with Crippen molar-refractivity contribution in [2.75, 3.05) is 38.5 Å². The first-order chi connectivity index (χ1) is 9.88. The van der Waals surface area contributed by atoms with E-state index >= 15 is 0 Å². The summed E-state index contributed by atoms with van der Waals surface area (Å²) in [6.45, 7) is 7.29. The number of hydrogen-bond donors (Lipinski definition) is 1. The Hall–Kier alpha value is -0.510. The molecule has 0 aliphatic carbocycles. The minimum Gasteiger partial charge on any atom is -0.301 e. The summed E-state index contributed by atoms with van der Waals surface area (Å²) in [4.78, 5) is 5.20. The molecule has 0 bridgehead atoms. The van der Waals surface area contributed by atoms with E-state index in [1.54, 1.807) is 0 Å². The van der Waals surface area contributed by atoms with Crippen molar-refractivity contribution in [3.63, 3.8) is 0 Å². The summed E-state index contributed by atoms with van der Waals surface area (Å²) < 4.78 is 0. The number of hydrogen-bond acceptors (Lipinski definition) is 3. The molecule has 0 amide bonds. The Balaban J connectivity index is 1.58. The molecule has 1 aromatic carbocycles. The maximum absolute atomic E-state index is 4.26. The molecule has 1 heterocycles. The summed E-state index contributed by atoms with van der Waals surface area (Å²) in [5, 5.41) is 0. The van der Waals surface area contributed by atoms with Crippen molar-refractivity contribution < 1.29 is 0 Å². The lowest BCUT2D eigenvalue weighted by Crippen LogP contribution is -2.46. The lowest BCUT2D eigenvalue weighted by molar-refractivity contribution is 0.125. The lowest BCUT2D eigenvalue weighted by atomic mass is 10.1. The predicted molar refractivity (Wildman–Crippen MR) is 90.5 cm³/mol. The smallest absolute Gasteiger partial charge is 0.0234 e. The Morgan fingerprint density at radius 1 is 0.800 bits per heavy atom. The molecule has 0 saturated carbocycles. The average Bonchev–Trinajstić information content (AvgIpc) is 2.50. The minimum absolute atomic E-state index is 1.04. The maximum Gasteiger partial charge on any atom is 0.0234 e. The van der Waals surface area contributed by atoms with E-state index in [2.05, 4.69) is 52.8 Å². The zero-order valence-electron chi connectivity index (χ0n) is 12.5. The van der Waals surface area contributed by atoms with E-state index < -0.39 is 0 Å². The van der Waals surface area contributed by atoms with Crippen LogP contribution in [0.4, 0.5) is 0 Å². The van der Waals surface area contributed by atoms with Gasteiger partial charge >= 0.3 is 0 Å². The van der Waals surface area contributed by atoms with Gasteiger partial charge in [-0.05, 0) is 30.7 Å². The second kappa shape index (κ2) is 9.43. The molecule has 1 saturated heterocycles. The molecule has 2 nitrogen and oxygen atoms in total. The van der Waals surface area contributed by atoms with Crippen LogP contribution in [0.5, 0.6) is 0 Å². The van der Waals surface area contributed by atoms with Crippen molar-refractivity contribution in [1.29, 1.82) is 0 Å². The second-order valence-corrected chi connectivity index (χ2v) is 6.19. The lowest BCUT2D eigenvalue weighted by Gasteiger charge is -2.34. The van der Waals surface area contributed by atoms with Crippen molar-refractivity contribution in [3.8, 4) is 0 Å². The van der Waals surface area contributed by atoms with Crippen molar-refractivity contribution in [3.05, 3.63) is 35.9 Å². The maximum atomic E-state index is 4.26. The van der Waals surface area contributed by atoms with Crippen LogP contribution in [0.15, 0.2) is 30.3 Å². The van der Waals surface area contributed by atoms with Gasteiger partial charge in [0.1, 0.15) is 0 Å². The number of rotatable bonds is 8. The Morgan fingerprint density at radius 2 is 1.45 bits per heavy atom. The van der Waals surface area contributed by atoms with Crippen LogP contribution in [0, 0.1) is 0 Å². The highest BCUT2D eigenvalue weighted by Crippen LogP contribution is 2.09. The van der Waals surface area contributed by atoms with Crippen molar-refractivity contribution >= 4 is 12.6 Å². The molecule has 1 aromatic rings. The monoisotopic (exact) mass is 292 g/mol. The summed E-state index contributed by atoms with van der Waals surface area (Å²) >= 11 is 4.26. The fourth-order valence-electron chi connectivity index (χ4n) is 2.81. The van der Waals surface area contributed by atoms with Crippen LogP contribution in [0.3, 0.4) is 0 Å². The summed E-state index contributed by atoms with van der Waals surface area (Å²) in [5.41, 5.74) is 1.44. The fraction of sp³-hybridized carbons (Fsp3) is 0.647. The molecule has 0 N–H and O–H groups in total. The standard InChI is InChI=1S/C17H28N2S/c20-15-7-2-1-6-10-18-11-13-19(14-12-18)16-17-8-4-3-5-9-17/h3-5,8-9,20H,1-2,6-7,10-16H2. The van der Waals surface area contributed by atoms with Crippen molar-refractivity contribution in [2.45, 2.75) is 32.2 Å². The summed E-state index contributed by atoms with van der Waals surface area (Å²) in [6, 6.07) is 10.8. The molecular weight excluding hydrogens is 264 g/mol. The van der Waals surface area contributed by atoms with E-state index in [1.165, 1.54) is 64.0 Å². The van der Waals surface area contributed by atoms with Crippen molar-refractivity contribution in [1.82, 2.24) is 9.80 Å². The normalized spacial score (nSPS) is 17.4. The second-order valence-electron chi connectivity index (χ2n) is 5.74. The SMILES string of the molecule is SCCCCCCN1CCN(Cc2ccccc2)CC1. The summed E-state index contributed by atoms with van der Waals surface area (Å²) in [6.07, 6.45) is 5.34. The van der Waals surface area contributed by atoms with Crippen LogP contribution in [0.25, 0.3) is 0 Å². The molecule has 1 aliphatic rings. The molecule has 0 aromatic heterocycles. The molecule has 0 atom stereocenters. The number of unbranched alkanes of at least 4 members (excludes halogenated alkanes) is 3. The van der Waals surface area contributed by atoms with Crippen molar-refractivity contribution in [2.24, 2.45) is 0 Å². The van der Waals surface area contributed by atoms with E-state index in [0.29, 0.717) is 0 Å². The van der Waals surface area contributed by atoms with Crippen LogP contribution >= 0.6 is 12.6 Å². The van der Waals surface area contributed by atoms with Gasteiger partial charge in [0.25, 0.3) is 0 Å². The highest BCUT2D eigenvalue weighted by Gasteiger charge is 2.16. The van der Waals surface area contributed by atoms with Gasteiger partial charge in [-0.2, -0.15) is 12.6 Å². The van der Waals surface area contributed by atoms with Crippen LogP contribution in [-0.2, 0) is 6.54 Å². The van der Waals surface area contributed by atoms with Gasteiger partial charge in [-0.1, -0.05) is 43.2 Å². The van der Waals surface area contributed by atoms with Crippen LogP contribution in [0.2, 0.25) is 0 Å². The summed E-state index contributed by atoms with van der Waals surface area (Å²) in [7, 11) is 0. The van der Waals surface area contributed by atoms with Crippen LogP contribution in [0.1, 0.15) is 31.2 Å². The average molecular weight is 292 g/mol. The van der Waals surface area contributed by atoms with Gasteiger partial charge in [0, 0.05) is 32.7 Å². The van der Waals surface area contributed by atoms with Gasteiger partial charge in [0.2, 0.25) is 0 Å². The largest absolute Gasteiger partial charge is 0.301 e. The van der Waals surface area contributed by atoms with E-state index in [0.717, 1.165) is 12.3 Å². The Kier molecular flexibility index (Phi) is 7.48. The van der Waals surface area contributed by atoms with Gasteiger partial charge in [-0.25, -0.2) is 0 Å². The molecule has 0 radical (unpaired) electrons. The van der Waals surface area contributed by atoms with E-state index in [9.17, 15) is 0 Å². The third-order valence-electron chi connectivity index (χ3n) is 4.10. The quantitative estimate of drug-likeness (QED) is 0.580. The third-order valence-corrected chi connectivity index (χ3v) is 4.41. The van der Waals surface area contributed by atoms with Crippen LogP contribution < -0.4 is 0 Å². The number of thiol groups is 1. The molecule has 1 aliphatic heterocycles. The first-order valence-electron chi connectivity index (χ1n) is 7.98. The fourth-order valence-corrected chi connectivity index (χ4v) is 3.04. The number of nitrogens with zero attached hydrogens (tertiary/aromatic N) is 2. The van der Waals surface area contributed by atoms with Gasteiger partial charge < -0.3 is 4.90 Å². The highest BCUT2D eigenvalue weighted by molar-refractivity contribution is 7.80. The molecule has 2 rings (SSSR count). The molecule has 20 heavy (non-hydrogen) atoms. The Bertz CT molecular complexity index is 347. The van der Waals surface area contributed by atoms with Gasteiger partial charge in [0.05, 0.1) is 0 Å². The van der Waals surface area contributed by atoms with E-state index in [-0.39, 0.29) is 0 Å². The van der Waals surface area contributed by atoms with E-state index in [1.807, 2.05) is 0 Å². The Morgan fingerprint density at radius 3 is 2.15 bits per heavy atom. The molecule has 3 heteroatoms. The minimum atomic E-state index is 1.04. The first-order valence-corrected chi connectivity index (χ1v) is 8.61. The molecule has 112 valence electrons. The molecule has 0 unspecified atom stereocenters. The molecule has 0 spiro atoms. The Labute approximate surface area is 129 Å². The molecule has 1 fully saturated rings. The number of benzene rings is 1. The van der Waals surface area contributed by atoms with E-state index in [4.69, 9.17) is 0 Å². The zero-order chi connectivity index (χ0) is 14.0. The zero-order valence-corrected chi connectivity index (χ0v) is 13.4.